The second-order valence-corrected chi connectivity index (χ2v) is 8.34. The minimum Gasteiger partial charge on any atom is -0.389 e. The van der Waals surface area contributed by atoms with Crippen molar-refractivity contribution in [3.63, 3.8) is 0 Å². The molecule has 116 valence electrons. The molecule has 1 aliphatic carbocycles. The Kier molecular flexibility index (Phi) is 4.70. The van der Waals surface area contributed by atoms with E-state index < -0.39 is 10.0 Å². The molecule has 0 saturated heterocycles. The highest BCUT2D eigenvalue weighted by molar-refractivity contribution is 7.89. The molecule has 21 heavy (non-hydrogen) atoms. The molecular weight excluding hydrogens is 304 g/mol. The Morgan fingerprint density at radius 1 is 1.43 bits per heavy atom. The van der Waals surface area contributed by atoms with E-state index >= 15 is 0 Å². The van der Waals surface area contributed by atoms with Crippen molar-refractivity contribution in [2.24, 2.45) is 11.7 Å². The van der Waals surface area contributed by atoms with Crippen LogP contribution in [0.25, 0.3) is 0 Å². The van der Waals surface area contributed by atoms with Gasteiger partial charge in [-0.15, -0.1) is 0 Å². The number of sulfonamides is 1. The van der Waals surface area contributed by atoms with Gasteiger partial charge in [-0.25, -0.2) is 8.42 Å². The van der Waals surface area contributed by atoms with Gasteiger partial charge in [-0.2, -0.15) is 4.31 Å². The standard InChI is InChI=1S/C15H22N2O2S2/c1-10(2)9-17(13-5-6-13)21(18,19)14-7-4-12(15(16)20)8-11(14)3/h4,7-8,10,13H,5-6,9H2,1-3H3,(H2,16,20). The van der Waals surface area contributed by atoms with Gasteiger partial charge in [0.1, 0.15) is 4.99 Å². The lowest BCUT2D eigenvalue weighted by atomic mass is 10.1. The fraction of sp³-hybridized carbons (Fsp3) is 0.533. The molecule has 2 rings (SSSR count). The minimum atomic E-state index is -3.46. The summed E-state index contributed by atoms with van der Waals surface area (Å²) in [6.07, 6.45) is 1.91. The summed E-state index contributed by atoms with van der Waals surface area (Å²) in [6.45, 7) is 6.42. The topological polar surface area (TPSA) is 63.4 Å². The molecule has 0 atom stereocenters. The Morgan fingerprint density at radius 2 is 2.05 bits per heavy atom. The monoisotopic (exact) mass is 326 g/mol. The highest BCUT2D eigenvalue weighted by atomic mass is 32.2. The summed E-state index contributed by atoms with van der Waals surface area (Å²) in [7, 11) is -3.46. The summed E-state index contributed by atoms with van der Waals surface area (Å²) in [5.74, 6) is 0.302. The van der Waals surface area contributed by atoms with E-state index in [2.05, 4.69) is 0 Å². The first-order valence-electron chi connectivity index (χ1n) is 7.15. The van der Waals surface area contributed by atoms with E-state index in [1.807, 2.05) is 13.8 Å². The van der Waals surface area contributed by atoms with Crippen molar-refractivity contribution in [2.45, 2.75) is 44.6 Å². The normalized spacial score (nSPS) is 15.7. The van der Waals surface area contributed by atoms with E-state index in [-0.39, 0.29) is 11.0 Å². The highest BCUT2D eigenvalue weighted by Crippen LogP contribution is 2.33. The maximum atomic E-state index is 12.9. The lowest BCUT2D eigenvalue weighted by molar-refractivity contribution is 0.360. The van der Waals surface area contributed by atoms with Gasteiger partial charge in [0.15, 0.2) is 0 Å². The van der Waals surface area contributed by atoms with Crippen LogP contribution in [0.15, 0.2) is 23.1 Å². The van der Waals surface area contributed by atoms with E-state index in [0.717, 1.165) is 12.8 Å². The third kappa shape index (κ3) is 3.62. The van der Waals surface area contributed by atoms with Crippen LogP contribution < -0.4 is 5.73 Å². The fourth-order valence-corrected chi connectivity index (χ4v) is 4.57. The summed E-state index contributed by atoms with van der Waals surface area (Å²) in [6, 6.07) is 5.21. The summed E-state index contributed by atoms with van der Waals surface area (Å²) in [5.41, 5.74) is 6.98. The molecule has 0 aromatic heterocycles. The van der Waals surface area contributed by atoms with Gasteiger partial charge < -0.3 is 5.73 Å². The molecule has 1 fully saturated rings. The molecule has 4 nitrogen and oxygen atoms in total. The maximum Gasteiger partial charge on any atom is 0.243 e. The van der Waals surface area contributed by atoms with E-state index in [1.54, 1.807) is 29.4 Å². The van der Waals surface area contributed by atoms with Gasteiger partial charge in [-0.05, 0) is 43.4 Å². The van der Waals surface area contributed by atoms with Crippen LogP contribution in [0.3, 0.4) is 0 Å². The molecule has 0 unspecified atom stereocenters. The molecule has 2 N–H and O–H groups in total. The smallest absolute Gasteiger partial charge is 0.243 e. The lowest BCUT2D eigenvalue weighted by Crippen LogP contribution is -2.36. The quantitative estimate of drug-likeness (QED) is 0.816. The third-order valence-corrected chi connectivity index (χ3v) is 5.86. The van der Waals surface area contributed by atoms with Crippen LogP contribution >= 0.6 is 12.2 Å². The van der Waals surface area contributed by atoms with Crippen LogP contribution in [0.1, 0.15) is 37.8 Å². The SMILES string of the molecule is Cc1cc(C(N)=S)ccc1S(=O)(=O)N(CC(C)C)C1CC1. The number of thiocarbonyl (C=S) groups is 1. The second-order valence-electron chi connectivity index (χ2n) is 6.04. The predicted octanol–water partition coefficient (Wildman–Crippen LogP) is 2.44. The molecule has 1 aromatic carbocycles. The van der Waals surface area contributed by atoms with Crippen molar-refractivity contribution in [3.05, 3.63) is 29.3 Å². The van der Waals surface area contributed by atoms with Gasteiger partial charge in [0.25, 0.3) is 0 Å². The van der Waals surface area contributed by atoms with E-state index in [4.69, 9.17) is 18.0 Å². The van der Waals surface area contributed by atoms with Gasteiger partial charge in [-0.3, -0.25) is 0 Å². The Morgan fingerprint density at radius 3 is 2.48 bits per heavy atom. The Hall–Kier alpha value is -0.980. The molecular formula is C15H22N2O2S2. The predicted molar refractivity (Wildman–Crippen MR) is 88.8 cm³/mol. The number of hydrogen-bond acceptors (Lipinski definition) is 3. The zero-order valence-electron chi connectivity index (χ0n) is 12.7. The molecule has 1 saturated carbocycles. The van der Waals surface area contributed by atoms with Crippen molar-refractivity contribution >= 4 is 27.2 Å². The first-order chi connectivity index (χ1) is 9.73. The van der Waals surface area contributed by atoms with Crippen molar-refractivity contribution in [1.29, 1.82) is 0 Å². The van der Waals surface area contributed by atoms with E-state index in [9.17, 15) is 8.42 Å². The van der Waals surface area contributed by atoms with Crippen LogP contribution in [0.5, 0.6) is 0 Å². The van der Waals surface area contributed by atoms with Gasteiger partial charge in [0, 0.05) is 18.2 Å². The number of hydrogen-bond donors (Lipinski definition) is 1. The van der Waals surface area contributed by atoms with E-state index in [1.165, 1.54) is 0 Å². The molecule has 0 spiro atoms. The zero-order chi connectivity index (χ0) is 15.8. The van der Waals surface area contributed by atoms with Crippen molar-refractivity contribution < 1.29 is 8.42 Å². The Labute approximate surface area is 132 Å². The van der Waals surface area contributed by atoms with Crippen LogP contribution in [0.4, 0.5) is 0 Å². The number of rotatable bonds is 6. The Bertz CT molecular complexity index is 650. The summed E-state index contributed by atoms with van der Waals surface area (Å²) in [4.78, 5) is 0.637. The number of nitrogens with zero attached hydrogens (tertiary/aromatic N) is 1. The molecule has 0 amide bonds. The van der Waals surface area contributed by atoms with Crippen LogP contribution in [-0.2, 0) is 10.0 Å². The lowest BCUT2D eigenvalue weighted by Gasteiger charge is -2.24. The molecule has 0 bridgehead atoms. The summed E-state index contributed by atoms with van der Waals surface area (Å²) in [5, 5.41) is 0. The first kappa shape index (κ1) is 16.4. The minimum absolute atomic E-state index is 0.159. The molecule has 0 aliphatic heterocycles. The molecule has 0 heterocycles. The summed E-state index contributed by atoms with van der Waals surface area (Å²) >= 11 is 4.94. The van der Waals surface area contributed by atoms with Crippen LogP contribution in [0, 0.1) is 12.8 Å². The van der Waals surface area contributed by atoms with Crippen molar-refractivity contribution in [1.82, 2.24) is 4.31 Å². The van der Waals surface area contributed by atoms with Gasteiger partial charge >= 0.3 is 0 Å². The largest absolute Gasteiger partial charge is 0.389 e. The van der Waals surface area contributed by atoms with Crippen LogP contribution in [-0.4, -0.2) is 30.3 Å². The molecule has 6 heteroatoms. The summed E-state index contributed by atoms with van der Waals surface area (Å²) < 4.78 is 27.5. The fourth-order valence-electron chi connectivity index (χ4n) is 2.38. The van der Waals surface area contributed by atoms with Crippen molar-refractivity contribution in [3.8, 4) is 0 Å². The average molecular weight is 326 g/mol. The number of benzene rings is 1. The van der Waals surface area contributed by atoms with Gasteiger partial charge in [-0.1, -0.05) is 32.1 Å². The van der Waals surface area contributed by atoms with Crippen molar-refractivity contribution in [2.75, 3.05) is 6.54 Å². The highest BCUT2D eigenvalue weighted by Gasteiger charge is 2.38. The van der Waals surface area contributed by atoms with Crippen LogP contribution in [0.2, 0.25) is 0 Å². The van der Waals surface area contributed by atoms with Gasteiger partial charge in [0.05, 0.1) is 4.90 Å². The van der Waals surface area contributed by atoms with Gasteiger partial charge in [0.2, 0.25) is 10.0 Å². The zero-order valence-corrected chi connectivity index (χ0v) is 14.3. The maximum absolute atomic E-state index is 12.9. The number of nitrogens with two attached hydrogens (primary N) is 1. The number of aryl methyl sites for hydroxylation is 1. The third-order valence-electron chi connectivity index (χ3n) is 3.55. The van der Waals surface area contributed by atoms with E-state index in [0.29, 0.717) is 28.5 Å². The Balaban J connectivity index is 2.40. The average Bonchev–Trinajstić information content (AvgIpc) is 3.19. The first-order valence-corrected chi connectivity index (χ1v) is 9.00. The second kappa shape index (κ2) is 6.02. The molecule has 1 aliphatic rings. The molecule has 1 aromatic rings. The molecule has 0 radical (unpaired) electrons.